The molecule has 26 heavy (non-hydrogen) atoms. The molecule has 1 aromatic heterocycles. The van der Waals surface area contributed by atoms with Gasteiger partial charge in [-0.05, 0) is 22.8 Å². The molecule has 4 heteroatoms. The Bertz CT molecular complexity index is 922. The van der Waals surface area contributed by atoms with Crippen LogP contribution in [-0.4, -0.2) is 21.1 Å². The van der Waals surface area contributed by atoms with Gasteiger partial charge in [0, 0.05) is 32.3 Å². The Balaban J connectivity index is 1.58. The van der Waals surface area contributed by atoms with E-state index in [1.54, 1.807) is 30.1 Å². The number of hydrogen-bond donors (Lipinski definition) is 0. The summed E-state index contributed by atoms with van der Waals surface area (Å²) >= 11 is 0. The number of allylic oxidation sites excluding steroid dienone is 1. The minimum atomic E-state index is -0.139. The van der Waals surface area contributed by atoms with Crippen LogP contribution in [-0.2, 0) is 24.7 Å². The summed E-state index contributed by atoms with van der Waals surface area (Å²) in [5.74, 6) is 0.452. The van der Waals surface area contributed by atoms with Crippen molar-refractivity contribution in [1.29, 1.82) is 0 Å². The quantitative estimate of drug-likeness (QED) is 0.485. The lowest BCUT2D eigenvalue weighted by atomic mass is 10.0. The summed E-state index contributed by atoms with van der Waals surface area (Å²) in [6.07, 6.45) is 7.46. The first-order valence-electron chi connectivity index (χ1n) is 8.46. The maximum atomic E-state index is 12.2. The van der Waals surface area contributed by atoms with E-state index in [0.29, 0.717) is 18.7 Å². The molecule has 0 saturated carbocycles. The van der Waals surface area contributed by atoms with E-state index >= 15 is 0 Å². The van der Waals surface area contributed by atoms with Crippen molar-refractivity contribution in [2.24, 2.45) is 7.05 Å². The first-order valence-corrected chi connectivity index (χ1v) is 8.46. The highest BCUT2D eigenvalue weighted by Crippen LogP contribution is 2.10. The van der Waals surface area contributed by atoms with Crippen molar-refractivity contribution < 1.29 is 9.59 Å². The summed E-state index contributed by atoms with van der Waals surface area (Å²) in [7, 11) is 1.79. The lowest BCUT2D eigenvalue weighted by Crippen LogP contribution is -2.06. The predicted molar refractivity (Wildman–Crippen MR) is 102 cm³/mol. The maximum Gasteiger partial charge on any atom is 0.221 e. The van der Waals surface area contributed by atoms with Gasteiger partial charge in [-0.25, -0.2) is 4.98 Å². The predicted octanol–water partition coefficient (Wildman–Crippen LogP) is 3.67. The molecular weight excluding hydrogens is 324 g/mol. The van der Waals surface area contributed by atoms with Crippen LogP contribution in [0.15, 0.2) is 73.1 Å². The Morgan fingerprint density at radius 3 is 2.23 bits per heavy atom. The zero-order chi connectivity index (χ0) is 18.4. The number of rotatable bonds is 7. The minimum Gasteiger partial charge on any atom is -0.331 e. The number of carbonyl (C=O) groups is 2. The van der Waals surface area contributed by atoms with Crippen LogP contribution in [0.5, 0.6) is 0 Å². The lowest BCUT2D eigenvalue weighted by Gasteiger charge is -2.03. The molecule has 2 aromatic carbocycles. The van der Waals surface area contributed by atoms with Crippen molar-refractivity contribution in [2.75, 3.05) is 0 Å². The molecular formula is C22H20N2O2. The number of aryl methyl sites for hydroxylation is 1. The van der Waals surface area contributed by atoms with Gasteiger partial charge >= 0.3 is 0 Å². The number of imidazole rings is 1. The fourth-order valence-corrected chi connectivity index (χ4v) is 2.71. The second kappa shape index (κ2) is 8.21. The van der Waals surface area contributed by atoms with Crippen LogP contribution in [0.2, 0.25) is 0 Å². The van der Waals surface area contributed by atoms with E-state index in [1.807, 2.05) is 54.6 Å². The van der Waals surface area contributed by atoms with Crippen molar-refractivity contribution >= 4 is 17.6 Å². The maximum absolute atomic E-state index is 12.2. The SMILES string of the molecule is Cn1ccnc1C(=O)/C=C/c1ccc(CC(=O)Cc2ccccc2)cc1. The molecule has 0 aliphatic heterocycles. The zero-order valence-electron chi connectivity index (χ0n) is 14.6. The number of carbonyl (C=O) groups excluding carboxylic acids is 2. The van der Waals surface area contributed by atoms with E-state index in [0.717, 1.165) is 16.7 Å². The number of hydrogen-bond acceptors (Lipinski definition) is 3. The number of benzene rings is 2. The first kappa shape index (κ1) is 17.5. The molecule has 0 radical (unpaired) electrons. The molecule has 3 aromatic rings. The van der Waals surface area contributed by atoms with Crippen molar-refractivity contribution in [1.82, 2.24) is 9.55 Å². The third-order valence-electron chi connectivity index (χ3n) is 4.09. The van der Waals surface area contributed by atoms with E-state index in [2.05, 4.69) is 4.98 Å². The molecule has 3 rings (SSSR count). The number of nitrogens with zero attached hydrogens (tertiary/aromatic N) is 2. The molecule has 0 unspecified atom stereocenters. The van der Waals surface area contributed by atoms with Crippen LogP contribution in [0.1, 0.15) is 27.3 Å². The van der Waals surface area contributed by atoms with Crippen LogP contribution in [0.3, 0.4) is 0 Å². The van der Waals surface area contributed by atoms with Crippen LogP contribution in [0, 0.1) is 0 Å². The van der Waals surface area contributed by atoms with Crippen molar-refractivity contribution in [3.8, 4) is 0 Å². The Morgan fingerprint density at radius 2 is 1.62 bits per heavy atom. The van der Waals surface area contributed by atoms with Crippen LogP contribution < -0.4 is 0 Å². The Labute approximate surface area is 152 Å². The molecule has 0 atom stereocenters. The highest BCUT2D eigenvalue weighted by atomic mass is 16.1. The minimum absolute atomic E-state index is 0.139. The largest absolute Gasteiger partial charge is 0.331 e. The van der Waals surface area contributed by atoms with Gasteiger partial charge in [-0.2, -0.15) is 0 Å². The summed E-state index contributed by atoms with van der Waals surface area (Å²) < 4.78 is 1.69. The second-order valence-corrected chi connectivity index (χ2v) is 6.18. The summed E-state index contributed by atoms with van der Waals surface area (Å²) in [5.41, 5.74) is 2.91. The van der Waals surface area contributed by atoms with E-state index in [1.165, 1.54) is 6.08 Å². The lowest BCUT2D eigenvalue weighted by molar-refractivity contribution is -0.117. The highest BCUT2D eigenvalue weighted by Gasteiger charge is 2.07. The monoisotopic (exact) mass is 344 g/mol. The standard InChI is InChI=1S/C22H20N2O2/c1-24-14-13-23-22(24)21(26)12-11-17-7-9-19(10-8-17)16-20(25)15-18-5-3-2-4-6-18/h2-14H,15-16H2,1H3/b12-11+. The summed E-state index contributed by atoms with van der Waals surface area (Å²) in [5, 5.41) is 0. The number of aromatic nitrogens is 2. The molecule has 0 amide bonds. The highest BCUT2D eigenvalue weighted by molar-refractivity contribution is 6.04. The summed E-state index contributed by atoms with van der Waals surface area (Å²) in [6.45, 7) is 0. The van der Waals surface area contributed by atoms with Gasteiger partial charge in [0.15, 0.2) is 5.82 Å². The Hall–Kier alpha value is -3.27. The third-order valence-corrected chi connectivity index (χ3v) is 4.09. The molecule has 1 heterocycles. The van der Waals surface area contributed by atoms with Crippen molar-refractivity contribution in [3.05, 3.63) is 95.6 Å². The van der Waals surface area contributed by atoms with Gasteiger partial charge in [-0.15, -0.1) is 0 Å². The third kappa shape index (κ3) is 4.63. The molecule has 0 aliphatic rings. The molecule has 0 spiro atoms. The number of Topliss-reactive ketones (excluding diaryl/α,β-unsaturated/α-hetero) is 1. The van der Waals surface area contributed by atoms with Crippen LogP contribution in [0.25, 0.3) is 6.08 Å². The van der Waals surface area contributed by atoms with Gasteiger partial charge in [0.1, 0.15) is 5.78 Å². The van der Waals surface area contributed by atoms with Gasteiger partial charge in [-0.1, -0.05) is 60.7 Å². The average Bonchev–Trinajstić information content (AvgIpc) is 3.08. The molecule has 130 valence electrons. The number of ketones is 2. The second-order valence-electron chi connectivity index (χ2n) is 6.18. The van der Waals surface area contributed by atoms with E-state index in [-0.39, 0.29) is 11.6 Å². The van der Waals surface area contributed by atoms with Gasteiger partial charge in [0.25, 0.3) is 0 Å². The van der Waals surface area contributed by atoms with Gasteiger partial charge in [-0.3, -0.25) is 9.59 Å². The smallest absolute Gasteiger partial charge is 0.221 e. The summed E-state index contributed by atoms with van der Waals surface area (Å²) in [6, 6.07) is 17.4. The molecule has 0 aliphatic carbocycles. The fraction of sp³-hybridized carbons (Fsp3) is 0.136. The van der Waals surface area contributed by atoms with E-state index in [9.17, 15) is 9.59 Å². The average molecular weight is 344 g/mol. The zero-order valence-corrected chi connectivity index (χ0v) is 14.6. The van der Waals surface area contributed by atoms with Gasteiger partial charge in [0.05, 0.1) is 0 Å². The van der Waals surface area contributed by atoms with Crippen molar-refractivity contribution in [3.63, 3.8) is 0 Å². The molecule has 0 bridgehead atoms. The molecule has 0 saturated heterocycles. The molecule has 0 fully saturated rings. The van der Waals surface area contributed by atoms with Gasteiger partial charge < -0.3 is 4.57 Å². The van der Waals surface area contributed by atoms with Gasteiger partial charge in [0.2, 0.25) is 5.78 Å². The van der Waals surface area contributed by atoms with E-state index < -0.39 is 0 Å². The summed E-state index contributed by atoms with van der Waals surface area (Å²) in [4.78, 5) is 28.3. The van der Waals surface area contributed by atoms with Crippen molar-refractivity contribution in [2.45, 2.75) is 12.8 Å². The van der Waals surface area contributed by atoms with Crippen LogP contribution >= 0.6 is 0 Å². The first-order chi connectivity index (χ1) is 12.6. The normalized spacial score (nSPS) is 11.0. The fourth-order valence-electron chi connectivity index (χ4n) is 2.71. The van der Waals surface area contributed by atoms with Crippen LogP contribution in [0.4, 0.5) is 0 Å². The molecule has 0 N–H and O–H groups in total. The van der Waals surface area contributed by atoms with E-state index in [4.69, 9.17) is 0 Å². The Kier molecular flexibility index (Phi) is 5.54. The topological polar surface area (TPSA) is 52.0 Å². The molecule has 4 nitrogen and oxygen atoms in total. The Morgan fingerprint density at radius 1 is 0.962 bits per heavy atom.